The molecule has 3 heterocycles. The Labute approximate surface area is 136 Å². The van der Waals surface area contributed by atoms with Crippen LogP contribution < -0.4 is 0 Å². The Bertz CT molecular complexity index is 930. The summed E-state index contributed by atoms with van der Waals surface area (Å²) in [6.45, 7) is 0. The molecule has 0 saturated heterocycles. The minimum Gasteiger partial charge on any atom is -0.182 e. The highest BCUT2D eigenvalue weighted by Gasteiger charge is 2.18. The number of hydrogen-bond donors (Lipinski definition) is 0. The van der Waals surface area contributed by atoms with E-state index in [2.05, 4.69) is 24.9 Å². The van der Waals surface area contributed by atoms with E-state index in [0.717, 1.165) is 10.7 Å². The van der Waals surface area contributed by atoms with Crippen molar-refractivity contribution in [2.75, 3.05) is 0 Å². The van der Waals surface area contributed by atoms with Crippen molar-refractivity contribution in [2.45, 2.75) is 0 Å². The highest BCUT2D eigenvalue weighted by atomic mass is 35.5. The second kappa shape index (κ2) is 4.99. The second-order valence-electron chi connectivity index (χ2n) is 4.02. The van der Waals surface area contributed by atoms with E-state index in [4.69, 9.17) is 23.2 Å². The maximum absolute atomic E-state index is 6.23. The topological polar surface area (TPSA) is 68.9 Å². The van der Waals surface area contributed by atoms with E-state index < -0.39 is 0 Å². The van der Waals surface area contributed by atoms with Gasteiger partial charge in [-0.2, -0.15) is 9.61 Å². The molecule has 0 aliphatic carbocycles. The molecule has 0 atom stereocenters. The van der Waals surface area contributed by atoms with Crippen LogP contribution in [0.2, 0.25) is 10.0 Å². The van der Waals surface area contributed by atoms with E-state index in [0.29, 0.717) is 26.4 Å². The van der Waals surface area contributed by atoms with E-state index in [1.165, 1.54) is 22.9 Å². The third-order valence-electron chi connectivity index (χ3n) is 2.76. The third-order valence-corrected chi connectivity index (χ3v) is 5.01. The van der Waals surface area contributed by atoms with Gasteiger partial charge in [-0.05, 0) is 23.7 Å². The maximum Gasteiger partial charge on any atom is 0.235 e. The Morgan fingerprint density at radius 1 is 1.10 bits per heavy atom. The number of aromatic nitrogens is 6. The minimum absolute atomic E-state index is 0.429. The first-order valence-electron chi connectivity index (χ1n) is 5.68. The smallest absolute Gasteiger partial charge is 0.182 e. The predicted octanol–water partition coefficient (Wildman–Crippen LogP) is 3.68. The lowest BCUT2D eigenvalue weighted by Crippen LogP contribution is -1.92. The monoisotopic (exact) mass is 354 g/mol. The van der Waals surface area contributed by atoms with Gasteiger partial charge >= 0.3 is 0 Å². The summed E-state index contributed by atoms with van der Waals surface area (Å²) in [6.07, 6.45) is 0. The van der Waals surface area contributed by atoms with Crippen LogP contribution in [-0.4, -0.2) is 29.4 Å². The molecule has 21 heavy (non-hydrogen) atoms. The Kier molecular flexibility index (Phi) is 3.11. The summed E-state index contributed by atoms with van der Waals surface area (Å²) in [6, 6.07) is 5.36. The average Bonchev–Trinajstić information content (AvgIpc) is 3.16. The van der Waals surface area contributed by atoms with Gasteiger partial charge in [-0.25, -0.2) is 0 Å². The summed E-state index contributed by atoms with van der Waals surface area (Å²) in [5, 5.41) is 20.2. The van der Waals surface area contributed by atoms with E-state index in [-0.39, 0.29) is 0 Å². The highest BCUT2D eigenvalue weighted by molar-refractivity contribution is 7.20. The zero-order valence-electron chi connectivity index (χ0n) is 10.1. The number of rotatable bonds is 2. The summed E-state index contributed by atoms with van der Waals surface area (Å²) in [4.78, 5) is 0.657. The number of hydrogen-bond acceptors (Lipinski definition) is 7. The van der Waals surface area contributed by atoms with Gasteiger partial charge in [-0.1, -0.05) is 45.1 Å². The first-order valence-corrected chi connectivity index (χ1v) is 8.09. The largest absolute Gasteiger partial charge is 0.235 e. The molecule has 4 aromatic rings. The second-order valence-corrected chi connectivity index (χ2v) is 6.37. The molecule has 0 saturated carbocycles. The van der Waals surface area contributed by atoms with Crippen molar-refractivity contribution >= 4 is 51.0 Å². The molecule has 4 rings (SSSR count). The van der Waals surface area contributed by atoms with Gasteiger partial charge in [0.15, 0.2) is 10.8 Å². The van der Waals surface area contributed by atoms with Crippen molar-refractivity contribution < 1.29 is 0 Å². The van der Waals surface area contributed by atoms with E-state index in [9.17, 15) is 0 Å². The summed E-state index contributed by atoms with van der Waals surface area (Å²) < 4.78 is 5.47. The summed E-state index contributed by atoms with van der Waals surface area (Å²) in [5.74, 6) is 0.545. The average molecular weight is 355 g/mol. The molecule has 0 radical (unpaired) electrons. The standard InChI is InChI=1S/C11H4Cl2N6S2/c12-6-3-1-2-5(8(6)13)9-15-16-11-19(9)17-10(21-11)7-4-20-18-14-7/h1-4H. The number of benzene rings is 1. The lowest BCUT2D eigenvalue weighted by atomic mass is 10.2. The fraction of sp³-hybridized carbons (Fsp3) is 0. The minimum atomic E-state index is 0.429. The zero-order valence-corrected chi connectivity index (χ0v) is 13.2. The van der Waals surface area contributed by atoms with Crippen LogP contribution in [0.4, 0.5) is 0 Å². The van der Waals surface area contributed by atoms with Crippen LogP contribution in [0.15, 0.2) is 23.6 Å². The molecule has 104 valence electrons. The Hall–Kier alpha value is -1.61. The van der Waals surface area contributed by atoms with E-state index in [1.807, 2.05) is 17.5 Å². The van der Waals surface area contributed by atoms with Gasteiger partial charge in [-0.3, -0.25) is 0 Å². The predicted molar refractivity (Wildman–Crippen MR) is 83.0 cm³/mol. The Morgan fingerprint density at radius 2 is 2.00 bits per heavy atom. The van der Waals surface area contributed by atoms with Crippen LogP contribution >= 0.6 is 46.1 Å². The molecule has 0 fully saturated rings. The fourth-order valence-electron chi connectivity index (χ4n) is 1.82. The van der Waals surface area contributed by atoms with E-state index >= 15 is 0 Å². The highest BCUT2D eigenvalue weighted by Crippen LogP contribution is 2.34. The van der Waals surface area contributed by atoms with Gasteiger partial charge in [0.1, 0.15) is 5.69 Å². The van der Waals surface area contributed by atoms with Crippen LogP contribution in [0, 0.1) is 0 Å². The quantitative estimate of drug-likeness (QED) is 0.549. The molecule has 0 spiro atoms. The molecule has 3 aromatic heterocycles. The molecule has 0 amide bonds. The third kappa shape index (κ3) is 2.11. The normalized spacial score (nSPS) is 11.3. The van der Waals surface area contributed by atoms with Crippen molar-refractivity contribution in [1.29, 1.82) is 0 Å². The lowest BCUT2D eigenvalue weighted by Gasteiger charge is -2.01. The lowest BCUT2D eigenvalue weighted by molar-refractivity contribution is 0.965. The fourth-order valence-corrected chi connectivity index (χ4v) is 3.52. The molecule has 6 nitrogen and oxygen atoms in total. The first kappa shape index (κ1) is 13.1. The SMILES string of the molecule is Clc1cccc(-c2nnc3sc(-c4csnn4)nn23)c1Cl. The van der Waals surface area contributed by atoms with Crippen molar-refractivity contribution in [3.05, 3.63) is 33.6 Å². The molecule has 0 N–H and O–H groups in total. The van der Waals surface area contributed by atoms with Gasteiger partial charge in [0.05, 0.1) is 10.0 Å². The first-order chi connectivity index (χ1) is 10.2. The molecule has 1 aromatic carbocycles. The maximum atomic E-state index is 6.23. The van der Waals surface area contributed by atoms with E-state index in [1.54, 1.807) is 10.6 Å². The van der Waals surface area contributed by atoms with Crippen LogP contribution in [0.1, 0.15) is 0 Å². The Balaban J connectivity index is 1.92. The summed E-state index contributed by atoms with van der Waals surface area (Å²) in [5.41, 5.74) is 1.41. The molecule has 0 unspecified atom stereocenters. The molecule has 0 aliphatic heterocycles. The number of fused-ring (bicyclic) bond motifs is 1. The van der Waals surface area contributed by atoms with Gasteiger partial charge in [-0.15, -0.1) is 15.3 Å². The van der Waals surface area contributed by atoms with Gasteiger partial charge < -0.3 is 0 Å². The van der Waals surface area contributed by atoms with Crippen molar-refractivity contribution in [3.8, 4) is 22.1 Å². The number of halogens is 2. The van der Waals surface area contributed by atoms with Crippen LogP contribution in [-0.2, 0) is 0 Å². The van der Waals surface area contributed by atoms with Gasteiger partial charge in [0.25, 0.3) is 0 Å². The van der Waals surface area contributed by atoms with Crippen molar-refractivity contribution in [3.63, 3.8) is 0 Å². The molecule has 0 bridgehead atoms. The van der Waals surface area contributed by atoms with Crippen molar-refractivity contribution in [1.82, 2.24) is 29.4 Å². The molecule has 0 aliphatic rings. The van der Waals surface area contributed by atoms with Crippen LogP contribution in [0.5, 0.6) is 0 Å². The summed E-state index contributed by atoms with van der Waals surface area (Å²) in [7, 11) is 0. The summed E-state index contributed by atoms with van der Waals surface area (Å²) >= 11 is 14.9. The Morgan fingerprint density at radius 3 is 2.81 bits per heavy atom. The van der Waals surface area contributed by atoms with Gasteiger partial charge in [0.2, 0.25) is 4.96 Å². The molecule has 10 heteroatoms. The van der Waals surface area contributed by atoms with Gasteiger partial charge in [0, 0.05) is 10.9 Å². The molecular weight excluding hydrogens is 351 g/mol. The molecular formula is C11H4Cl2N6S2. The van der Waals surface area contributed by atoms with Crippen molar-refractivity contribution in [2.24, 2.45) is 0 Å². The number of nitrogens with zero attached hydrogens (tertiary/aromatic N) is 6. The van der Waals surface area contributed by atoms with Crippen LogP contribution in [0.25, 0.3) is 27.1 Å². The van der Waals surface area contributed by atoms with Crippen LogP contribution in [0.3, 0.4) is 0 Å². The zero-order chi connectivity index (χ0) is 14.4.